The van der Waals surface area contributed by atoms with Crippen molar-refractivity contribution in [3.8, 4) is 5.75 Å². The molecule has 1 atom stereocenters. The molecule has 1 N–H and O–H groups in total. The van der Waals surface area contributed by atoms with E-state index in [-0.39, 0.29) is 11.8 Å². The average Bonchev–Trinajstić information content (AvgIpc) is 2.75. The van der Waals surface area contributed by atoms with Gasteiger partial charge in [0.05, 0.1) is 5.92 Å². The van der Waals surface area contributed by atoms with E-state index in [0.717, 1.165) is 24.2 Å². The number of nitrogens with one attached hydrogen (secondary N) is 1. The summed E-state index contributed by atoms with van der Waals surface area (Å²) in [6.07, 6.45) is 7.99. The average molecular weight is 308 g/mol. The largest absolute Gasteiger partial charge is 0.492 e. The highest BCUT2D eigenvalue weighted by Crippen LogP contribution is 2.30. The topological polar surface area (TPSA) is 38.3 Å². The molecule has 4 heteroatoms. The van der Waals surface area contributed by atoms with E-state index in [1.165, 1.54) is 25.7 Å². The van der Waals surface area contributed by atoms with E-state index in [1.807, 2.05) is 18.2 Å². The van der Waals surface area contributed by atoms with E-state index in [0.29, 0.717) is 24.1 Å². The third-order valence-corrected chi connectivity index (χ3v) is 4.74. The molecule has 0 aromatic heterocycles. The molecule has 1 saturated carbocycles. The number of carbonyl (C=O) groups excluding carboxylic acids is 1. The number of carbonyl (C=O) groups is 1. The molecule has 1 amide bonds. The molecule has 114 valence electrons. The van der Waals surface area contributed by atoms with Crippen LogP contribution in [-0.2, 0) is 11.2 Å². The van der Waals surface area contributed by atoms with E-state index in [4.69, 9.17) is 16.3 Å². The van der Waals surface area contributed by atoms with Gasteiger partial charge in [-0.05, 0) is 43.0 Å². The molecule has 1 aromatic carbocycles. The molecule has 0 bridgehead atoms. The number of fused-ring (bicyclic) bond motifs is 1. The van der Waals surface area contributed by atoms with Crippen LogP contribution in [0.3, 0.4) is 0 Å². The molecule has 1 aromatic rings. The van der Waals surface area contributed by atoms with Crippen LogP contribution in [0.4, 0.5) is 0 Å². The molecule has 2 aliphatic rings. The summed E-state index contributed by atoms with van der Waals surface area (Å²) in [5.74, 6) is 0.893. The molecule has 0 unspecified atom stereocenters. The number of halogens is 1. The van der Waals surface area contributed by atoms with Gasteiger partial charge >= 0.3 is 0 Å². The maximum Gasteiger partial charge on any atom is 0.227 e. The standard InChI is InChI=1S/C17H22ClNO2/c18-14-7-8-16-12(10-14)9-13(11-21-16)17(20)19-15-5-3-1-2-4-6-15/h7-8,10,13,15H,1-6,9,11H2,(H,19,20)/t13-/m0/s1. The molecule has 1 fully saturated rings. The molecule has 21 heavy (non-hydrogen) atoms. The summed E-state index contributed by atoms with van der Waals surface area (Å²) in [7, 11) is 0. The van der Waals surface area contributed by atoms with E-state index < -0.39 is 0 Å². The Balaban J connectivity index is 1.61. The van der Waals surface area contributed by atoms with Gasteiger partial charge in [0.1, 0.15) is 12.4 Å². The van der Waals surface area contributed by atoms with Crippen LogP contribution in [0.5, 0.6) is 5.75 Å². The summed E-state index contributed by atoms with van der Waals surface area (Å²) in [6.45, 7) is 0.465. The van der Waals surface area contributed by atoms with Crippen LogP contribution in [-0.4, -0.2) is 18.6 Å². The minimum absolute atomic E-state index is 0.0979. The molecule has 3 nitrogen and oxygen atoms in total. The van der Waals surface area contributed by atoms with Crippen LogP contribution < -0.4 is 10.1 Å². The highest BCUT2D eigenvalue weighted by Gasteiger charge is 2.27. The number of hydrogen-bond acceptors (Lipinski definition) is 2. The molecule has 3 rings (SSSR count). The van der Waals surface area contributed by atoms with Crippen molar-refractivity contribution in [2.45, 2.75) is 51.0 Å². The van der Waals surface area contributed by atoms with Gasteiger partial charge in [0, 0.05) is 11.1 Å². The summed E-state index contributed by atoms with van der Waals surface area (Å²) in [5.41, 5.74) is 1.04. The fourth-order valence-corrected chi connectivity index (χ4v) is 3.47. The fourth-order valence-electron chi connectivity index (χ4n) is 3.27. The lowest BCUT2D eigenvalue weighted by Gasteiger charge is -2.26. The Morgan fingerprint density at radius 1 is 1.19 bits per heavy atom. The summed E-state index contributed by atoms with van der Waals surface area (Å²) in [6, 6.07) is 5.96. The number of ether oxygens (including phenoxy) is 1. The predicted octanol–water partition coefficient (Wildman–Crippen LogP) is 3.73. The molecule has 0 radical (unpaired) electrons. The van der Waals surface area contributed by atoms with Gasteiger partial charge in [-0.15, -0.1) is 0 Å². The van der Waals surface area contributed by atoms with Gasteiger partial charge < -0.3 is 10.1 Å². The number of amides is 1. The fraction of sp³-hybridized carbons (Fsp3) is 0.588. The molecule has 0 saturated heterocycles. The zero-order valence-electron chi connectivity index (χ0n) is 12.2. The van der Waals surface area contributed by atoms with E-state index in [2.05, 4.69) is 5.32 Å². The number of benzene rings is 1. The second kappa shape index (κ2) is 6.69. The minimum Gasteiger partial charge on any atom is -0.492 e. The van der Waals surface area contributed by atoms with E-state index in [1.54, 1.807) is 0 Å². The van der Waals surface area contributed by atoms with Crippen molar-refractivity contribution in [3.05, 3.63) is 28.8 Å². The monoisotopic (exact) mass is 307 g/mol. The maximum absolute atomic E-state index is 12.4. The van der Waals surface area contributed by atoms with E-state index >= 15 is 0 Å². The van der Waals surface area contributed by atoms with Crippen molar-refractivity contribution in [3.63, 3.8) is 0 Å². The van der Waals surface area contributed by atoms with Crippen LogP contribution in [0.15, 0.2) is 18.2 Å². The molecule has 1 aliphatic carbocycles. The van der Waals surface area contributed by atoms with Crippen LogP contribution in [0.1, 0.15) is 44.1 Å². The third kappa shape index (κ3) is 3.70. The summed E-state index contributed by atoms with van der Waals surface area (Å²) < 4.78 is 5.71. The smallest absolute Gasteiger partial charge is 0.227 e. The second-order valence-electron chi connectivity index (χ2n) is 6.16. The Morgan fingerprint density at radius 3 is 2.71 bits per heavy atom. The Morgan fingerprint density at radius 2 is 1.95 bits per heavy atom. The highest BCUT2D eigenvalue weighted by atomic mass is 35.5. The van der Waals surface area contributed by atoms with Crippen molar-refractivity contribution in [1.29, 1.82) is 0 Å². The zero-order valence-corrected chi connectivity index (χ0v) is 13.0. The molecular formula is C17H22ClNO2. The lowest BCUT2D eigenvalue weighted by atomic mass is 9.95. The van der Waals surface area contributed by atoms with Crippen molar-refractivity contribution < 1.29 is 9.53 Å². The Labute approximate surface area is 131 Å². The van der Waals surface area contributed by atoms with Gasteiger partial charge in [0.15, 0.2) is 0 Å². The van der Waals surface area contributed by atoms with E-state index in [9.17, 15) is 4.79 Å². The van der Waals surface area contributed by atoms with Crippen molar-refractivity contribution in [1.82, 2.24) is 5.32 Å². The SMILES string of the molecule is O=C(NC1CCCCCC1)[C@@H]1COc2ccc(Cl)cc2C1. The van der Waals surface area contributed by atoms with Gasteiger partial charge in [-0.2, -0.15) is 0 Å². The van der Waals surface area contributed by atoms with Gasteiger partial charge in [-0.3, -0.25) is 4.79 Å². The van der Waals surface area contributed by atoms with Crippen molar-refractivity contribution in [2.75, 3.05) is 6.61 Å². The first-order chi connectivity index (χ1) is 10.2. The van der Waals surface area contributed by atoms with Crippen molar-refractivity contribution >= 4 is 17.5 Å². The number of rotatable bonds is 2. The first-order valence-electron chi connectivity index (χ1n) is 7.94. The Hall–Kier alpha value is -1.22. The summed E-state index contributed by atoms with van der Waals surface area (Å²) in [4.78, 5) is 12.4. The highest BCUT2D eigenvalue weighted by molar-refractivity contribution is 6.30. The quantitative estimate of drug-likeness (QED) is 0.846. The van der Waals surface area contributed by atoms with Crippen LogP contribution >= 0.6 is 11.6 Å². The first-order valence-corrected chi connectivity index (χ1v) is 8.32. The molecule has 1 aliphatic heterocycles. The molecular weight excluding hydrogens is 286 g/mol. The summed E-state index contributed by atoms with van der Waals surface area (Å²) >= 11 is 6.02. The van der Waals surface area contributed by atoms with Crippen LogP contribution in [0.25, 0.3) is 0 Å². The third-order valence-electron chi connectivity index (χ3n) is 4.50. The lowest BCUT2D eigenvalue weighted by Crippen LogP contribution is -2.42. The minimum atomic E-state index is -0.0979. The van der Waals surface area contributed by atoms with Crippen LogP contribution in [0.2, 0.25) is 5.02 Å². The van der Waals surface area contributed by atoms with Crippen LogP contribution in [0, 0.1) is 5.92 Å². The Kier molecular flexibility index (Phi) is 4.69. The first kappa shape index (κ1) is 14.7. The maximum atomic E-state index is 12.4. The lowest BCUT2D eigenvalue weighted by molar-refractivity contribution is -0.127. The van der Waals surface area contributed by atoms with Gasteiger partial charge in [0.25, 0.3) is 0 Å². The van der Waals surface area contributed by atoms with Gasteiger partial charge in [-0.1, -0.05) is 37.3 Å². The summed E-state index contributed by atoms with van der Waals surface area (Å²) in [5, 5.41) is 3.92. The molecule has 1 heterocycles. The van der Waals surface area contributed by atoms with Crippen molar-refractivity contribution in [2.24, 2.45) is 5.92 Å². The molecule has 0 spiro atoms. The van der Waals surface area contributed by atoms with Gasteiger partial charge in [-0.25, -0.2) is 0 Å². The second-order valence-corrected chi connectivity index (χ2v) is 6.60. The Bertz CT molecular complexity index is 510. The number of hydrogen-bond donors (Lipinski definition) is 1. The zero-order chi connectivity index (χ0) is 14.7. The normalized spacial score (nSPS) is 22.8. The predicted molar refractivity (Wildman–Crippen MR) is 83.8 cm³/mol. The van der Waals surface area contributed by atoms with Gasteiger partial charge in [0.2, 0.25) is 5.91 Å².